The number of hydrogen-bond acceptors (Lipinski definition) is 4. The van der Waals surface area contributed by atoms with Gasteiger partial charge in [-0.1, -0.05) is 18.3 Å². The highest BCUT2D eigenvalue weighted by molar-refractivity contribution is 7.25. The van der Waals surface area contributed by atoms with E-state index in [1.165, 1.54) is 11.4 Å². The Kier molecular flexibility index (Phi) is 1.87. The number of fused-ring (bicyclic) bond motifs is 1. The second-order valence-electron chi connectivity index (χ2n) is 2.32. The molecule has 0 N–H and O–H groups in total. The minimum atomic E-state index is 1.09. The van der Waals surface area contributed by atoms with E-state index in [0.29, 0.717) is 0 Å². The molecular formula is C7H8N2S2. The zero-order valence-electron chi connectivity index (χ0n) is 6.20. The van der Waals surface area contributed by atoms with E-state index < -0.39 is 0 Å². The third-order valence-electron chi connectivity index (χ3n) is 1.42. The average molecular weight is 184 g/mol. The standard InChI is InChI=1S/C7H8N2S2/c1-2-3-5-9-7-6(11-5)8-4-10-7/h4H,2-3H2,1H3. The second-order valence-corrected chi connectivity index (χ2v) is 4.22. The molecule has 2 nitrogen and oxygen atoms in total. The van der Waals surface area contributed by atoms with Crippen molar-refractivity contribution in [1.29, 1.82) is 0 Å². The van der Waals surface area contributed by atoms with Gasteiger partial charge in [0.2, 0.25) is 0 Å². The third-order valence-corrected chi connectivity index (χ3v) is 3.29. The minimum Gasteiger partial charge on any atom is -0.232 e. The van der Waals surface area contributed by atoms with Crippen LogP contribution in [0, 0.1) is 0 Å². The summed E-state index contributed by atoms with van der Waals surface area (Å²) in [5.41, 5.74) is 1.85. The fourth-order valence-electron chi connectivity index (χ4n) is 0.942. The quantitative estimate of drug-likeness (QED) is 0.717. The molecule has 0 aliphatic heterocycles. The van der Waals surface area contributed by atoms with E-state index >= 15 is 0 Å². The van der Waals surface area contributed by atoms with Crippen LogP contribution in [0.25, 0.3) is 9.66 Å². The van der Waals surface area contributed by atoms with Crippen molar-refractivity contribution in [2.75, 3.05) is 0 Å². The van der Waals surface area contributed by atoms with Crippen LogP contribution in [-0.2, 0) is 6.42 Å². The highest BCUT2D eigenvalue weighted by Gasteiger charge is 2.03. The SMILES string of the molecule is CCCc1nc2scnc2s1. The largest absolute Gasteiger partial charge is 0.232 e. The summed E-state index contributed by atoms with van der Waals surface area (Å²) in [5, 5.41) is 1.22. The van der Waals surface area contributed by atoms with Crippen LogP contribution in [0.4, 0.5) is 0 Å². The van der Waals surface area contributed by atoms with Crippen LogP contribution < -0.4 is 0 Å². The number of hydrogen-bond donors (Lipinski definition) is 0. The van der Waals surface area contributed by atoms with Crippen molar-refractivity contribution in [3.05, 3.63) is 10.5 Å². The van der Waals surface area contributed by atoms with Gasteiger partial charge in [-0.25, -0.2) is 9.97 Å². The molecule has 0 amide bonds. The Morgan fingerprint density at radius 2 is 2.36 bits per heavy atom. The topological polar surface area (TPSA) is 25.8 Å². The van der Waals surface area contributed by atoms with Gasteiger partial charge < -0.3 is 0 Å². The van der Waals surface area contributed by atoms with Gasteiger partial charge in [0.1, 0.15) is 0 Å². The van der Waals surface area contributed by atoms with Crippen LogP contribution in [0.1, 0.15) is 18.4 Å². The van der Waals surface area contributed by atoms with Crippen molar-refractivity contribution in [2.24, 2.45) is 0 Å². The molecule has 0 atom stereocenters. The molecule has 0 aromatic carbocycles. The van der Waals surface area contributed by atoms with Crippen molar-refractivity contribution < 1.29 is 0 Å². The van der Waals surface area contributed by atoms with E-state index in [0.717, 1.165) is 16.1 Å². The molecular weight excluding hydrogens is 176 g/mol. The number of aryl methyl sites for hydroxylation is 1. The summed E-state index contributed by atoms with van der Waals surface area (Å²) in [4.78, 5) is 10.8. The monoisotopic (exact) mass is 184 g/mol. The van der Waals surface area contributed by atoms with Gasteiger partial charge in [0.15, 0.2) is 9.66 Å². The maximum absolute atomic E-state index is 4.44. The molecule has 58 valence electrons. The van der Waals surface area contributed by atoms with E-state index in [9.17, 15) is 0 Å². The zero-order chi connectivity index (χ0) is 7.68. The molecule has 0 saturated carbocycles. The molecule has 2 rings (SSSR count). The van der Waals surface area contributed by atoms with Crippen molar-refractivity contribution in [1.82, 2.24) is 9.97 Å². The lowest BCUT2D eigenvalue weighted by molar-refractivity contribution is 0.913. The van der Waals surface area contributed by atoms with Crippen LogP contribution in [-0.4, -0.2) is 9.97 Å². The molecule has 0 unspecified atom stereocenters. The van der Waals surface area contributed by atoms with Crippen LogP contribution in [0.15, 0.2) is 5.51 Å². The second kappa shape index (κ2) is 2.87. The number of aromatic nitrogens is 2. The van der Waals surface area contributed by atoms with Crippen LogP contribution in [0.5, 0.6) is 0 Å². The first kappa shape index (κ1) is 7.18. The number of nitrogens with zero attached hydrogens (tertiary/aromatic N) is 2. The van der Waals surface area contributed by atoms with Gasteiger partial charge in [-0.05, 0) is 12.8 Å². The van der Waals surface area contributed by atoms with Gasteiger partial charge in [0.05, 0.1) is 10.5 Å². The molecule has 0 aliphatic carbocycles. The molecule has 0 saturated heterocycles. The predicted octanol–water partition coefficient (Wildman–Crippen LogP) is 2.71. The molecule has 0 aliphatic rings. The molecule has 0 radical (unpaired) electrons. The Hall–Kier alpha value is -0.480. The Bertz CT molecular complexity index is 321. The summed E-state index contributed by atoms with van der Waals surface area (Å²) in [6.45, 7) is 2.17. The molecule has 11 heavy (non-hydrogen) atoms. The maximum Gasteiger partial charge on any atom is 0.154 e. The van der Waals surface area contributed by atoms with Crippen molar-refractivity contribution >= 4 is 32.3 Å². The molecule has 0 fully saturated rings. The summed E-state index contributed by atoms with van der Waals surface area (Å²) < 4.78 is 0. The lowest BCUT2D eigenvalue weighted by atomic mass is 10.4. The van der Waals surface area contributed by atoms with Crippen molar-refractivity contribution in [3.8, 4) is 0 Å². The number of rotatable bonds is 2. The van der Waals surface area contributed by atoms with E-state index in [1.54, 1.807) is 22.7 Å². The average Bonchev–Trinajstić information content (AvgIpc) is 2.46. The van der Waals surface area contributed by atoms with Gasteiger partial charge in [-0.3, -0.25) is 0 Å². The van der Waals surface area contributed by atoms with E-state index in [-0.39, 0.29) is 0 Å². The van der Waals surface area contributed by atoms with Crippen molar-refractivity contribution in [3.63, 3.8) is 0 Å². The smallest absolute Gasteiger partial charge is 0.154 e. The van der Waals surface area contributed by atoms with E-state index in [4.69, 9.17) is 0 Å². The van der Waals surface area contributed by atoms with E-state index in [2.05, 4.69) is 16.9 Å². The lowest BCUT2D eigenvalue weighted by Crippen LogP contribution is -1.77. The van der Waals surface area contributed by atoms with Crippen LogP contribution >= 0.6 is 22.7 Å². The molecule has 0 spiro atoms. The molecule has 2 aromatic heterocycles. The van der Waals surface area contributed by atoms with Gasteiger partial charge in [-0.2, -0.15) is 0 Å². The Labute approximate surface area is 72.9 Å². The van der Waals surface area contributed by atoms with Gasteiger partial charge >= 0.3 is 0 Å². The molecule has 2 heterocycles. The minimum absolute atomic E-state index is 1.09. The summed E-state index contributed by atoms with van der Waals surface area (Å²) in [7, 11) is 0. The Morgan fingerprint density at radius 1 is 1.45 bits per heavy atom. The van der Waals surface area contributed by atoms with E-state index in [1.807, 2.05) is 5.51 Å². The predicted molar refractivity (Wildman–Crippen MR) is 49.3 cm³/mol. The number of thiazole rings is 2. The maximum atomic E-state index is 4.44. The zero-order valence-corrected chi connectivity index (χ0v) is 7.84. The fourth-order valence-corrected chi connectivity index (χ4v) is 2.82. The summed E-state index contributed by atoms with van der Waals surface area (Å²) in [6, 6.07) is 0. The van der Waals surface area contributed by atoms with Gasteiger partial charge in [0, 0.05) is 0 Å². The first-order valence-electron chi connectivity index (χ1n) is 3.59. The lowest BCUT2D eigenvalue weighted by Gasteiger charge is -1.84. The Morgan fingerprint density at radius 3 is 3.09 bits per heavy atom. The Balaban J connectivity index is 2.42. The summed E-state index contributed by atoms with van der Waals surface area (Å²) in [5.74, 6) is 0. The van der Waals surface area contributed by atoms with Gasteiger partial charge in [-0.15, -0.1) is 11.3 Å². The first-order chi connectivity index (χ1) is 5.40. The van der Waals surface area contributed by atoms with Crippen LogP contribution in [0.2, 0.25) is 0 Å². The third kappa shape index (κ3) is 1.28. The summed E-state index contributed by atoms with van der Waals surface area (Å²) in [6.07, 6.45) is 2.26. The first-order valence-corrected chi connectivity index (χ1v) is 5.28. The molecule has 4 heteroatoms. The van der Waals surface area contributed by atoms with Gasteiger partial charge in [0.25, 0.3) is 0 Å². The fraction of sp³-hybridized carbons (Fsp3) is 0.429. The summed E-state index contributed by atoms with van der Waals surface area (Å²) >= 11 is 3.34. The highest BCUT2D eigenvalue weighted by Crippen LogP contribution is 2.24. The van der Waals surface area contributed by atoms with Crippen molar-refractivity contribution in [2.45, 2.75) is 19.8 Å². The molecule has 2 aromatic rings. The van der Waals surface area contributed by atoms with Crippen LogP contribution in [0.3, 0.4) is 0 Å². The normalized spacial score (nSPS) is 11.0. The molecule has 0 bridgehead atoms. The highest BCUT2D eigenvalue weighted by atomic mass is 32.1.